The number of hydrogen-bond acceptors (Lipinski definition) is 3. The second-order valence-corrected chi connectivity index (χ2v) is 3.87. The molecule has 90 valence electrons. The first-order valence-electron chi connectivity index (χ1n) is 5.75. The average molecular weight is 216 g/mol. The van der Waals surface area contributed by atoms with Crippen molar-refractivity contribution in [1.82, 2.24) is 5.32 Å². The Morgan fingerprint density at radius 2 is 2.07 bits per heavy atom. The molecule has 0 aliphatic rings. The summed E-state index contributed by atoms with van der Waals surface area (Å²) in [4.78, 5) is 11.3. The van der Waals surface area contributed by atoms with Gasteiger partial charge in [0.05, 0.1) is 12.7 Å². The molecule has 0 aliphatic carbocycles. The summed E-state index contributed by atoms with van der Waals surface area (Å²) in [6, 6.07) is 0. The van der Waals surface area contributed by atoms with Crippen molar-refractivity contribution < 1.29 is 9.53 Å². The topological polar surface area (TPSA) is 64.3 Å². The molecule has 15 heavy (non-hydrogen) atoms. The van der Waals surface area contributed by atoms with Crippen LogP contribution in [0.4, 0.5) is 0 Å². The molecular weight excluding hydrogens is 192 g/mol. The lowest BCUT2D eigenvalue weighted by Gasteiger charge is -2.08. The molecular formula is C11H24N2O2. The first kappa shape index (κ1) is 14.4. The molecule has 0 aromatic rings. The van der Waals surface area contributed by atoms with Crippen molar-refractivity contribution in [3.05, 3.63) is 0 Å². The minimum absolute atomic E-state index is 0.111. The molecule has 0 unspecified atom stereocenters. The normalized spacial score (nSPS) is 10.7. The number of unbranched alkanes of at least 4 members (excludes halogenated alkanes) is 2. The van der Waals surface area contributed by atoms with Gasteiger partial charge in [-0.05, 0) is 33.2 Å². The molecule has 0 aliphatic heterocycles. The molecule has 0 saturated carbocycles. The van der Waals surface area contributed by atoms with Gasteiger partial charge in [0.2, 0.25) is 5.91 Å². The molecule has 0 fully saturated rings. The van der Waals surface area contributed by atoms with E-state index in [9.17, 15) is 4.79 Å². The van der Waals surface area contributed by atoms with Crippen LogP contribution in [0.2, 0.25) is 0 Å². The maximum Gasteiger partial charge on any atom is 0.220 e. The van der Waals surface area contributed by atoms with Gasteiger partial charge in [-0.1, -0.05) is 6.42 Å². The third-order valence-electron chi connectivity index (χ3n) is 1.98. The first-order valence-corrected chi connectivity index (χ1v) is 5.75. The van der Waals surface area contributed by atoms with Crippen LogP contribution < -0.4 is 11.1 Å². The van der Waals surface area contributed by atoms with E-state index in [0.29, 0.717) is 26.1 Å². The molecule has 0 heterocycles. The van der Waals surface area contributed by atoms with Crippen LogP contribution in [0, 0.1) is 0 Å². The lowest BCUT2D eigenvalue weighted by Crippen LogP contribution is -2.27. The van der Waals surface area contributed by atoms with Crippen LogP contribution in [0.25, 0.3) is 0 Å². The number of nitrogens with one attached hydrogen (secondary N) is 1. The van der Waals surface area contributed by atoms with E-state index in [4.69, 9.17) is 10.5 Å². The quantitative estimate of drug-likeness (QED) is 0.566. The third-order valence-corrected chi connectivity index (χ3v) is 1.98. The molecule has 0 spiro atoms. The average Bonchev–Trinajstić information content (AvgIpc) is 2.19. The highest BCUT2D eigenvalue weighted by molar-refractivity contribution is 5.75. The highest BCUT2D eigenvalue weighted by Crippen LogP contribution is 1.97. The fraction of sp³-hybridized carbons (Fsp3) is 0.909. The zero-order chi connectivity index (χ0) is 11.5. The summed E-state index contributed by atoms with van der Waals surface area (Å²) in [7, 11) is 0. The van der Waals surface area contributed by atoms with Crippen LogP contribution in [-0.2, 0) is 9.53 Å². The van der Waals surface area contributed by atoms with Gasteiger partial charge in [0.1, 0.15) is 0 Å². The van der Waals surface area contributed by atoms with Gasteiger partial charge in [-0.2, -0.15) is 0 Å². The van der Waals surface area contributed by atoms with E-state index in [2.05, 4.69) is 5.32 Å². The summed E-state index contributed by atoms with van der Waals surface area (Å²) in [5.74, 6) is 0.111. The van der Waals surface area contributed by atoms with Gasteiger partial charge in [-0.3, -0.25) is 4.79 Å². The van der Waals surface area contributed by atoms with Crippen molar-refractivity contribution in [2.45, 2.75) is 45.6 Å². The Balaban J connectivity index is 3.19. The van der Waals surface area contributed by atoms with Crippen molar-refractivity contribution in [3.8, 4) is 0 Å². The Morgan fingerprint density at radius 3 is 2.67 bits per heavy atom. The summed E-state index contributed by atoms with van der Waals surface area (Å²) < 4.78 is 5.30. The van der Waals surface area contributed by atoms with Crippen molar-refractivity contribution in [2.75, 3.05) is 19.7 Å². The predicted molar refractivity (Wildman–Crippen MR) is 61.6 cm³/mol. The van der Waals surface area contributed by atoms with E-state index in [1.165, 1.54) is 0 Å². The maximum absolute atomic E-state index is 11.3. The van der Waals surface area contributed by atoms with Crippen molar-refractivity contribution in [1.29, 1.82) is 0 Å². The number of hydrogen-bond donors (Lipinski definition) is 2. The fourth-order valence-corrected chi connectivity index (χ4v) is 1.18. The van der Waals surface area contributed by atoms with Gasteiger partial charge in [-0.15, -0.1) is 0 Å². The second-order valence-electron chi connectivity index (χ2n) is 3.87. The fourth-order valence-electron chi connectivity index (χ4n) is 1.18. The van der Waals surface area contributed by atoms with E-state index in [0.717, 1.165) is 19.3 Å². The molecule has 1 amide bonds. The van der Waals surface area contributed by atoms with Gasteiger partial charge >= 0.3 is 0 Å². The lowest BCUT2D eigenvalue weighted by atomic mass is 10.2. The Kier molecular flexibility index (Phi) is 9.52. The zero-order valence-electron chi connectivity index (χ0n) is 9.92. The molecule has 0 saturated heterocycles. The number of carbonyl (C=O) groups excluding carboxylic acids is 1. The van der Waals surface area contributed by atoms with Crippen LogP contribution >= 0.6 is 0 Å². The highest BCUT2D eigenvalue weighted by Gasteiger charge is 2.00. The van der Waals surface area contributed by atoms with Gasteiger partial charge in [0.15, 0.2) is 0 Å². The summed E-state index contributed by atoms with van der Waals surface area (Å²) in [5.41, 5.74) is 5.35. The zero-order valence-corrected chi connectivity index (χ0v) is 9.92. The number of nitrogens with two attached hydrogens (primary N) is 1. The van der Waals surface area contributed by atoms with Gasteiger partial charge in [-0.25, -0.2) is 0 Å². The molecule has 0 rings (SSSR count). The van der Waals surface area contributed by atoms with Crippen molar-refractivity contribution in [3.63, 3.8) is 0 Å². The summed E-state index contributed by atoms with van der Waals surface area (Å²) in [6.07, 6.45) is 3.79. The number of carbonyl (C=O) groups is 1. The molecule has 0 radical (unpaired) electrons. The molecule has 4 nitrogen and oxygen atoms in total. The Bertz CT molecular complexity index is 161. The molecule has 0 aromatic carbocycles. The van der Waals surface area contributed by atoms with E-state index >= 15 is 0 Å². The summed E-state index contributed by atoms with van der Waals surface area (Å²) in [6.45, 7) is 5.87. The monoisotopic (exact) mass is 216 g/mol. The Labute approximate surface area is 92.6 Å². The minimum Gasteiger partial charge on any atom is -0.377 e. The van der Waals surface area contributed by atoms with Gasteiger partial charge in [0, 0.05) is 13.0 Å². The van der Waals surface area contributed by atoms with Crippen molar-refractivity contribution >= 4 is 5.91 Å². The van der Waals surface area contributed by atoms with Crippen LogP contribution in [0.1, 0.15) is 39.5 Å². The van der Waals surface area contributed by atoms with E-state index in [1.54, 1.807) is 0 Å². The van der Waals surface area contributed by atoms with Crippen LogP contribution in [0.15, 0.2) is 0 Å². The lowest BCUT2D eigenvalue weighted by molar-refractivity contribution is -0.121. The van der Waals surface area contributed by atoms with E-state index < -0.39 is 0 Å². The minimum atomic E-state index is 0.111. The number of rotatable bonds is 9. The third kappa shape index (κ3) is 11.3. The highest BCUT2D eigenvalue weighted by atomic mass is 16.5. The predicted octanol–water partition coefficient (Wildman–Crippen LogP) is 1.05. The molecule has 0 bridgehead atoms. The number of ether oxygens (including phenoxy) is 1. The first-order chi connectivity index (χ1) is 7.16. The molecule has 0 aromatic heterocycles. The second kappa shape index (κ2) is 9.93. The Morgan fingerprint density at radius 1 is 1.33 bits per heavy atom. The van der Waals surface area contributed by atoms with Crippen molar-refractivity contribution in [2.24, 2.45) is 5.73 Å². The van der Waals surface area contributed by atoms with Crippen LogP contribution in [-0.4, -0.2) is 31.7 Å². The smallest absolute Gasteiger partial charge is 0.220 e. The van der Waals surface area contributed by atoms with Gasteiger partial charge < -0.3 is 15.8 Å². The van der Waals surface area contributed by atoms with E-state index in [1.807, 2.05) is 13.8 Å². The summed E-state index contributed by atoms with van der Waals surface area (Å²) >= 11 is 0. The molecule has 0 atom stereocenters. The Hall–Kier alpha value is -0.610. The molecule has 3 N–H and O–H groups in total. The molecule has 4 heteroatoms. The van der Waals surface area contributed by atoms with Gasteiger partial charge in [0.25, 0.3) is 0 Å². The van der Waals surface area contributed by atoms with Crippen LogP contribution in [0.5, 0.6) is 0 Å². The van der Waals surface area contributed by atoms with E-state index in [-0.39, 0.29) is 12.0 Å². The largest absolute Gasteiger partial charge is 0.377 e. The summed E-state index contributed by atoms with van der Waals surface area (Å²) in [5, 5.41) is 2.82. The number of amides is 1. The SMILES string of the molecule is CC(C)OCCNC(=O)CCCCCN. The maximum atomic E-state index is 11.3. The standard InChI is InChI=1S/C11H24N2O2/c1-10(2)15-9-8-13-11(14)6-4-3-5-7-12/h10H,3-9,12H2,1-2H3,(H,13,14). The van der Waals surface area contributed by atoms with Crippen LogP contribution in [0.3, 0.4) is 0 Å².